The molecule has 4 aliphatic carbocycles. The van der Waals surface area contributed by atoms with Crippen molar-refractivity contribution in [1.82, 2.24) is 25.1 Å². The quantitative estimate of drug-likeness (QED) is 0.557. The monoisotopic (exact) mass is 420 g/mol. The van der Waals surface area contributed by atoms with E-state index in [0.29, 0.717) is 29.0 Å². The summed E-state index contributed by atoms with van der Waals surface area (Å²) in [7, 11) is 1.53. The van der Waals surface area contributed by atoms with Gasteiger partial charge in [-0.2, -0.15) is 4.68 Å². The summed E-state index contributed by atoms with van der Waals surface area (Å²) in [6.07, 6.45) is 6.76. The fourth-order valence-electron chi connectivity index (χ4n) is 5.74. The number of amides is 3. The van der Waals surface area contributed by atoms with E-state index in [-0.39, 0.29) is 42.0 Å². The van der Waals surface area contributed by atoms with E-state index >= 15 is 0 Å². The first-order valence-corrected chi connectivity index (χ1v) is 10.3. The number of aromatic nitrogens is 4. The number of tetrazole rings is 1. The van der Waals surface area contributed by atoms with Crippen LogP contribution >= 0.6 is 0 Å². The van der Waals surface area contributed by atoms with Gasteiger partial charge in [0.05, 0.1) is 18.9 Å². The van der Waals surface area contributed by atoms with Crippen LogP contribution in [0.1, 0.15) is 6.42 Å². The normalized spacial score (nSPS) is 32.1. The molecule has 1 aromatic carbocycles. The van der Waals surface area contributed by atoms with Crippen LogP contribution in [0.5, 0.6) is 5.75 Å². The Kier molecular flexibility index (Phi) is 3.80. The molecule has 2 bridgehead atoms. The third-order valence-corrected chi connectivity index (χ3v) is 7.11. The molecule has 3 amide bonds. The molecule has 2 saturated carbocycles. The Morgan fingerprint density at radius 3 is 2.48 bits per heavy atom. The van der Waals surface area contributed by atoms with Crippen molar-refractivity contribution >= 4 is 23.4 Å². The minimum absolute atomic E-state index is 0.143. The Bertz CT molecular complexity index is 1090. The van der Waals surface area contributed by atoms with Gasteiger partial charge in [0.2, 0.25) is 17.7 Å². The molecule has 1 N–H and O–H groups in total. The van der Waals surface area contributed by atoms with Gasteiger partial charge in [-0.1, -0.05) is 12.2 Å². The molecule has 1 aliphatic heterocycles. The van der Waals surface area contributed by atoms with E-state index in [0.717, 1.165) is 11.3 Å². The first-order chi connectivity index (χ1) is 15.1. The van der Waals surface area contributed by atoms with Crippen molar-refractivity contribution in [2.75, 3.05) is 19.0 Å². The molecule has 0 spiro atoms. The molecule has 2 aromatic rings. The second-order valence-corrected chi connectivity index (χ2v) is 8.61. The topological polar surface area (TPSA) is 119 Å². The average molecular weight is 420 g/mol. The Labute approximate surface area is 177 Å². The van der Waals surface area contributed by atoms with E-state index < -0.39 is 5.91 Å². The highest BCUT2D eigenvalue weighted by molar-refractivity contribution is 6.09. The molecule has 7 rings (SSSR count). The molecule has 5 aliphatic rings. The number of nitrogens with one attached hydrogen (secondary N) is 1. The van der Waals surface area contributed by atoms with Crippen molar-refractivity contribution in [3.63, 3.8) is 0 Å². The second-order valence-electron chi connectivity index (χ2n) is 8.61. The number of likely N-dealkylation sites (tertiary alicyclic amines) is 1. The van der Waals surface area contributed by atoms with Crippen LogP contribution in [0.3, 0.4) is 0 Å². The van der Waals surface area contributed by atoms with Crippen LogP contribution in [0, 0.1) is 35.5 Å². The molecule has 1 saturated heterocycles. The molecule has 6 atom stereocenters. The van der Waals surface area contributed by atoms with Crippen LogP contribution < -0.4 is 10.1 Å². The van der Waals surface area contributed by atoms with Crippen LogP contribution in [0.4, 0.5) is 5.69 Å². The van der Waals surface area contributed by atoms with Gasteiger partial charge in [-0.15, -0.1) is 5.10 Å². The average Bonchev–Trinajstić information content (AvgIpc) is 3.36. The maximum Gasteiger partial charge on any atom is 0.244 e. The van der Waals surface area contributed by atoms with Crippen LogP contribution in [-0.2, 0) is 14.4 Å². The lowest BCUT2D eigenvalue weighted by atomic mass is 9.63. The van der Waals surface area contributed by atoms with E-state index in [1.165, 1.54) is 18.1 Å². The molecule has 0 radical (unpaired) electrons. The van der Waals surface area contributed by atoms with E-state index in [4.69, 9.17) is 4.74 Å². The summed E-state index contributed by atoms with van der Waals surface area (Å²) in [5.74, 6) is 0.432. The summed E-state index contributed by atoms with van der Waals surface area (Å²) in [4.78, 5) is 39.9. The number of imide groups is 1. The molecule has 158 valence electrons. The predicted octanol–water partition coefficient (Wildman–Crippen LogP) is 0.662. The number of nitrogens with zero attached hydrogens (tertiary/aromatic N) is 5. The van der Waals surface area contributed by atoms with Crippen molar-refractivity contribution in [3.8, 4) is 11.4 Å². The largest absolute Gasteiger partial charge is 0.494 e. The van der Waals surface area contributed by atoms with Crippen LogP contribution in [-0.4, -0.2) is 56.5 Å². The van der Waals surface area contributed by atoms with Crippen LogP contribution in [0.15, 0.2) is 36.7 Å². The van der Waals surface area contributed by atoms with Gasteiger partial charge in [-0.25, -0.2) is 0 Å². The Morgan fingerprint density at radius 2 is 1.87 bits per heavy atom. The molecular weight excluding hydrogens is 400 g/mol. The number of hydrogen-bond donors (Lipinski definition) is 1. The second kappa shape index (κ2) is 6.47. The van der Waals surface area contributed by atoms with E-state index in [1.807, 2.05) is 0 Å². The Balaban J connectivity index is 1.19. The summed E-state index contributed by atoms with van der Waals surface area (Å²) in [6.45, 7) is -0.286. The minimum Gasteiger partial charge on any atom is -0.494 e. The van der Waals surface area contributed by atoms with Gasteiger partial charge in [-0.3, -0.25) is 19.3 Å². The van der Waals surface area contributed by atoms with Gasteiger partial charge < -0.3 is 10.1 Å². The lowest BCUT2D eigenvalue weighted by Gasteiger charge is -2.37. The Hall–Kier alpha value is -3.56. The van der Waals surface area contributed by atoms with Crippen LogP contribution in [0.2, 0.25) is 0 Å². The number of ether oxygens (including phenoxy) is 1. The van der Waals surface area contributed by atoms with Crippen molar-refractivity contribution < 1.29 is 19.1 Å². The number of carbonyl (C=O) groups is 3. The standard InChI is InChI=1S/C21H20N6O4/c1-31-16-5-2-10(6-15(16)27-9-22-24-25-27)23-17(28)8-26-20(29)18-11-3-4-12(14-7-13(11)14)19(18)21(26)30/h2-6,9,11-14,18-19H,7-8H2,1H3,(H,23,28). The highest BCUT2D eigenvalue weighted by Gasteiger charge is 2.67. The Morgan fingerprint density at radius 1 is 1.16 bits per heavy atom. The van der Waals surface area contributed by atoms with Crippen molar-refractivity contribution in [3.05, 3.63) is 36.7 Å². The van der Waals surface area contributed by atoms with Gasteiger partial charge in [0.25, 0.3) is 0 Å². The molecule has 31 heavy (non-hydrogen) atoms. The number of allylic oxidation sites excluding steroid dienone is 2. The van der Waals surface area contributed by atoms with E-state index in [1.54, 1.807) is 18.2 Å². The summed E-state index contributed by atoms with van der Waals surface area (Å²) < 4.78 is 6.74. The molecular formula is C21H20N6O4. The van der Waals surface area contributed by atoms with Gasteiger partial charge in [0.1, 0.15) is 24.3 Å². The highest BCUT2D eigenvalue weighted by Crippen LogP contribution is 2.65. The molecule has 3 fully saturated rings. The molecule has 10 heteroatoms. The summed E-state index contributed by atoms with van der Waals surface area (Å²) >= 11 is 0. The summed E-state index contributed by atoms with van der Waals surface area (Å²) in [5.41, 5.74) is 1.03. The molecule has 2 heterocycles. The number of benzene rings is 1. The number of rotatable bonds is 5. The van der Waals surface area contributed by atoms with E-state index in [9.17, 15) is 14.4 Å². The third kappa shape index (κ3) is 2.63. The lowest BCUT2D eigenvalue weighted by molar-refractivity contribution is -0.142. The zero-order chi connectivity index (χ0) is 21.3. The molecule has 10 nitrogen and oxygen atoms in total. The van der Waals surface area contributed by atoms with Gasteiger partial charge >= 0.3 is 0 Å². The molecule has 1 aromatic heterocycles. The number of anilines is 1. The molecule has 6 unspecified atom stereocenters. The van der Waals surface area contributed by atoms with Crippen molar-refractivity contribution in [2.45, 2.75) is 6.42 Å². The first-order valence-electron chi connectivity index (χ1n) is 10.3. The van der Waals surface area contributed by atoms with Crippen molar-refractivity contribution in [2.24, 2.45) is 35.5 Å². The smallest absolute Gasteiger partial charge is 0.244 e. The fourth-order valence-corrected chi connectivity index (χ4v) is 5.74. The summed E-state index contributed by atoms with van der Waals surface area (Å²) in [6, 6.07) is 5.02. The lowest BCUT2D eigenvalue weighted by Crippen LogP contribution is -2.40. The number of methoxy groups -OCH3 is 1. The van der Waals surface area contributed by atoms with Gasteiger partial charge in [-0.05, 0) is 58.7 Å². The number of hydrogen-bond acceptors (Lipinski definition) is 7. The first kappa shape index (κ1) is 18.2. The van der Waals surface area contributed by atoms with Gasteiger partial charge in [0, 0.05) is 5.69 Å². The maximum atomic E-state index is 13.0. The fraction of sp³-hybridized carbons (Fsp3) is 0.429. The predicted molar refractivity (Wildman–Crippen MR) is 106 cm³/mol. The third-order valence-electron chi connectivity index (χ3n) is 7.11. The van der Waals surface area contributed by atoms with E-state index in [2.05, 4.69) is 33.0 Å². The van der Waals surface area contributed by atoms with Crippen LogP contribution in [0.25, 0.3) is 5.69 Å². The SMILES string of the molecule is COc1ccc(NC(=O)CN2C(=O)C3C4C=CC(C5CC45)C3C2=O)cc1-n1cnnn1. The summed E-state index contributed by atoms with van der Waals surface area (Å²) in [5, 5.41) is 13.8. The highest BCUT2D eigenvalue weighted by atomic mass is 16.5. The zero-order valence-electron chi connectivity index (χ0n) is 16.7. The maximum absolute atomic E-state index is 13.0. The zero-order valence-corrected chi connectivity index (χ0v) is 16.7. The van der Waals surface area contributed by atoms with Crippen molar-refractivity contribution in [1.29, 1.82) is 0 Å². The number of carbonyl (C=O) groups excluding carboxylic acids is 3. The van der Waals surface area contributed by atoms with Gasteiger partial charge in [0.15, 0.2) is 0 Å². The minimum atomic E-state index is -0.432.